The third-order valence-electron chi connectivity index (χ3n) is 14.9. The minimum absolute atomic E-state index is 0.00683. The fourth-order valence-corrected chi connectivity index (χ4v) is 9.86. The molecule has 0 unspecified atom stereocenters. The maximum Gasteiger partial charge on any atom is 0.243 e. The van der Waals surface area contributed by atoms with Crippen molar-refractivity contribution in [3.05, 3.63) is 65.7 Å². The zero-order chi connectivity index (χ0) is 73.6. The molecule has 28 N–H and O–H groups in total. The van der Waals surface area contributed by atoms with Crippen molar-refractivity contribution in [2.24, 2.45) is 67.7 Å². The van der Waals surface area contributed by atoms with Crippen LogP contribution in [0.4, 0.5) is 0 Å². The van der Waals surface area contributed by atoms with E-state index in [-0.39, 0.29) is 113 Å². The van der Waals surface area contributed by atoms with Gasteiger partial charge in [-0.25, -0.2) is 0 Å². The molecule has 2 aromatic rings. The smallest absolute Gasteiger partial charge is 0.243 e. The van der Waals surface area contributed by atoms with Crippen LogP contribution >= 0.6 is 0 Å². The van der Waals surface area contributed by atoms with Gasteiger partial charge in [-0.3, -0.25) is 72.3 Å². The number of amides is 13. The molecule has 0 aromatic heterocycles. The van der Waals surface area contributed by atoms with Crippen molar-refractivity contribution in [1.29, 1.82) is 0 Å². The van der Waals surface area contributed by atoms with Crippen LogP contribution in [0.1, 0.15) is 129 Å². The topological polar surface area (TPSA) is 616 Å². The first kappa shape index (κ1) is 83.9. The second-order valence-corrected chi connectivity index (χ2v) is 24.4. The SMILES string of the molecule is CC(=O)N[C@@H](CCCN=C(N)N)C(=O)N[C@@H](CCC(N)=O)C(=O)N[C@@H](CCC(N)=O)C(=O)N[C@@H](Cc1ccc(O)cc1)C(=O)N[C@@H](CCCN=C(N)N)C(=O)N[C@@H](CCCCN)C(=O)N[C@@H](CC(C)C)C(=O)N[C@@H](CC(C)C)C(=O)N[C@@H](Cc1ccccc1)C(=O)N[C@@H](CO)C(N)=O. The molecular weight excluding hydrogens is 1280 g/mol. The number of phenols is 1. The van der Waals surface area contributed by atoms with Crippen LogP contribution in [-0.2, 0) is 75.2 Å². The van der Waals surface area contributed by atoms with Crippen LogP contribution in [0.5, 0.6) is 5.75 Å². The minimum atomic E-state index is -1.71. The molecule has 98 heavy (non-hydrogen) atoms. The predicted octanol–water partition coefficient (Wildman–Crippen LogP) is -5.62. The molecule has 13 amide bonds. The number of benzene rings is 2. The summed E-state index contributed by atoms with van der Waals surface area (Å²) in [5, 5.41) is 45.7. The van der Waals surface area contributed by atoms with Gasteiger partial charge in [-0.15, -0.1) is 0 Å². The number of aliphatic imine (C=N–C) groups is 2. The van der Waals surface area contributed by atoms with Crippen molar-refractivity contribution in [1.82, 2.24) is 53.2 Å². The third-order valence-corrected chi connectivity index (χ3v) is 14.9. The van der Waals surface area contributed by atoms with E-state index in [9.17, 15) is 72.5 Å². The molecule has 0 heterocycles. The Bertz CT molecular complexity index is 3040. The highest BCUT2D eigenvalue weighted by molar-refractivity contribution is 5.99. The summed E-state index contributed by atoms with van der Waals surface area (Å²) >= 11 is 0. The molecule has 0 bridgehead atoms. The Kier molecular flexibility index (Phi) is 38.1. The molecule has 0 saturated carbocycles. The number of aliphatic hydroxyl groups excluding tert-OH is 1. The number of nitrogens with one attached hydrogen (secondary N) is 10. The lowest BCUT2D eigenvalue weighted by Gasteiger charge is -2.29. The Labute approximate surface area is 569 Å². The van der Waals surface area contributed by atoms with Crippen molar-refractivity contribution >= 4 is 88.7 Å². The number of carbonyl (C=O) groups excluding carboxylic acids is 13. The quantitative estimate of drug-likeness (QED) is 0.0167. The first-order valence-electron chi connectivity index (χ1n) is 32.3. The van der Waals surface area contributed by atoms with Gasteiger partial charge in [-0.05, 0) is 112 Å². The number of phenolic OH excluding ortho intramolecular Hbond substituents is 1. The third kappa shape index (κ3) is 34.0. The average Bonchev–Trinajstić information content (AvgIpc) is 0.871. The highest BCUT2D eigenvalue weighted by Crippen LogP contribution is 2.16. The summed E-state index contributed by atoms with van der Waals surface area (Å²) in [6.07, 6.45) is -1.71. The zero-order valence-electron chi connectivity index (χ0n) is 56.3. The summed E-state index contributed by atoms with van der Waals surface area (Å²) in [4.78, 5) is 185. The van der Waals surface area contributed by atoms with Gasteiger partial charge < -0.3 is 109 Å². The second-order valence-electron chi connectivity index (χ2n) is 24.4. The second kappa shape index (κ2) is 44.5. The fraction of sp³-hybridized carbons (Fsp3) is 0.571. The van der Waals surface area contributed by atoms with Crippen molar-refractivity contribution < 1.29 is 72.5 Å². The summed E-state index contributed by atoms with van der Waals surface area (Å²) in [5.74, 6) is -12.9. The summed E-state index contributed by atoms with van der Waals surface area (Å²) < 4.78 is 0. The van der Waals surface area contributed by atoms with E-state index in [0.29, 0.717) is 17.5 Å². The largest absolute Gasteiger partial charge is 0.508 e. The van der Waals surface area contributed by atoms with Crippen LogP contribution in [0.3, 0.4) is 0 Å². The van der Waals surface area contributed by atoms with Gasteiger partial charge in [0.15, 0.2) is 11.9 Å². The summed E-state index contributed by atoms with van der Waals surface area (Å²) in [7, 11) is 0. The zero-order valence-corrected chi connectivity index (χ0v) is 56.3. The summed E-state index contributed by atoms with van der Waals surface area (Å²) in [5.41, 5.74) is 45.1. The number of aromatic hydroxyl groups is 1. The maximum absolute atomic E-state index is 14.8. The van der Waals surface area contributed by atoms with Crippen molar-refractivity contribution in [2.75, 3.05) is 26.2 Å². The molecule has 2 rings (SSSR count). The number of guanidine groups is 2. The maximum atomic E-state index is 14.8. The Morgan fingerprint density at radius 3 is 1.05 bits per heavy atom. The van der Waals surface area contributed by atoms with Crippen LogP contribution in [0, 0.1) is 11.8 Å². The van der Waals surface area contributed by atoms with Crippen LogP contribution < -0.4 is 99.0 Å². The number of unbranched alkanes of at least 4 members (excludes halogenated alkanes) is 1. The lowest BCUT2D eigenvalue weighted by Crippen LogP contribution is -2.61. The first-order chi connectivity index (χ1) is 46.2. The van der Waals surface area contributed by atoms with Gasteiger partial charge in [0.1, 0.15) is 66.2 Å². The highest BCUT2D eigenvalue weighted by Gasteiger charge is 2.37. The van der Waals surface area contributed by atoms with E-state index < -0.39 is 170 Å². The predicted molar refractivity (Wildman–Crippen MR) is 362 cm³/mol. The van der Waals surface area contributed by atoms with E-state index in [2.05, 4.69) is 63.2 Å². The average molecular weight is 1380 g/mol. The Morgan fingerprint density at radius 1 is 0.398 bits per heavy atom. The molecular formula is C63H102N20O15. The van der Waals surface area contributed by atoms with E-state index in [1.165, 1.54) is 24.3 Å². The van der Waals surface area contributed by atoms with Crippen LogP contribution in [-0.4, -0.2) is 186 Å². The fourth-order valence-electron chi connectivity index (χ4n) is 9.86. The molecule has 10 atom stereocenters. The standard InChI is InChI=1S/C63H102N20O15/c1-34(2)29-45(58(95)80-46(30-35(3)4)59(96)82-47(31-37-13-7-6-8-14-37)61(98)83-49(33-84)52(67)89)79-55(92)41(15-9-10-26-64)75-54(91)42(17-12-28-73-63(70)71)76-60(97)48(32-38-18-20-39(86)21-19-38)81-57(94)44(23-25-51(66)88)78-56(93)43(22-24-50(65)87)77-53(90)40(74-36(5)85)16-11-27-72-62(68)69/h6-8,13-14,18-21,34-35,40-49,84,86H,9-12,15-17,22-33,64H2,1-5H3,(H2,65,87)(H2,66,88)(H2,67,89)(H,74,85)(H,75,91)(H,76,97)(H,77,90)(H,78,93)(H,79,92)(H,80,95)(H,81,94)(H,82,96)(H,83,98)(H4,68,69,72)(H4,70,71,73)/t40-,41-,42-,43-,44-,45-,46-,47-,48-,49-/m0/s1. The lowest BCUT2D eigenvalue weighted by atomic mass is 9.98. The molecule has 0 aliphatic carbocycles. The highest BCUT2D eigenvalue weighted by atomic mass is 16.3. The molecule has 0 saturated heterocycles. The Hall–Kier alpha value is -10.2. The van der Waals surface area contributed by atoms with E-state index in [1.807, 2.05) is 0 Å². The molecule has 0 aliphatic heterocycles. The number of hydrogen-bond donors (Lipinski definition) is 20. The number of aliphatic hydroxyl groups is 1. The number of nitrogens with two attached hydrogens (primary N) is 8. The normalized spacial score (nSPS) is 14.1. The van der Waals surface area contributed by atoms with Gasteiger partial charge in [-0.2, -0.15) is 0 Å². The van der Waals surface area contributed by atoms with Gasteiger partial charge in [-0.1, -0.05) is 70.2 Å². The first-order valence-corrected chi connectivity index (χ1v) is 32.3. The Balaban J connectivity index is 2.65. The van der Waals surface area contributed by atoms with Gasteiger partial charge in [0.25, 0.3) is 0 Å². The summed E-state index contributed by atoms with van der Waals surface area (Å²) in [6.45, 7) is 7.63. The number of carbonyl (C=O) groups is 13. The number of nitrogens with zero attached hydrogens (tertiary/aromatic N) is 2. The molecule has 0 aliphatic rings. The van der Waals surface area contributed by atoms with Crippen LogP contribution in [0.2, 0.25) is 0 Å². The van der Waals surface area contributed by atoms with Gasteiger partial charge in [0.05, 0.1) is 6.61 Å². The molecule has 0 spiro atoms. The van der Waals surface area contributed by atoms with E-state index in [0.717, 1.165) is 6.92 Å². The molecule has 35 nitrogen and oxygen atoms in total. The number of rotatable bonds is 47. The molecule has 2 aromatic carbocycles. The molecule has 0 radical (unpaired) electrons. The van der Waals surface area contributed by atoms with Crippen molar-refractivity contribution in [2.45, 2.75) is 191 Å². The lowest BCUT2D eigenvalue weighted by molar-refractivity contribution is -0.136. The Morgan fingerprint density at radius 2 is 0.714 bits per heavy atom. The molecule has 544 valence electrons. The number of primary amides is 3. The summed E-state index contributed by atoms with van der Waals surface area (Å²) in [6, 6.07) is -0.628. The van der Waals surface area contributed by atoms with Gasteiger partial charge >= 0.3 is 0 Å². The number of hydrogen-bond acceptors (Lipinski definition) is 18. The van der Waals surface area contributed by atoms with Crippen LogP contribution in [0.25, 0.3) is 0 Å². The van der Waals surface area contributed by atoms with Gasteiger partial charge in [0, 0.05) is 45.7 Å². The van der Waals surface area contributed by atoms with Gasteiger partial charge in [0.2, 0.25) is 76.8 Å². The monoisotopic (exact) mass is 1380 g/mol. The van der Waals surface area contributed by atoms with E-state index in [1.54, 1.807) is 58.0 Å². The molecule has 0 fully saturated rings. The minimum Gasteiger partial charge on any atom is -0.508 e. The molecule has 35 heteroatoms. The van der Waals surface area contributed by atoms with Crippen LogP contribution in [0.15, 0.2) is 64.6 Å². The van der Waals surface area contributed by atoms with E-state index >= 15 is 0 Å². The van der Waals surface area contributed by atoms with Crippen molar-refractivity contribution in [3.63, 3.8) is 0 Å². The van der Waals surface area contributed by atoms with E-state index in [4.69, 9.17) is 45.9 Å². The van der Waals surface area contributed by atoms with Crippen molar-refractivity contribution in [3.8, 4) is 5.75 Å².